The number of aliphatic hydroxyl groups excluding tert-OH is 2. The van der Waals surface area contributed by atoms with Crippen molar-refractivity contribution < 1.29 is 10.2 Å². The minimum atomic E-state index is 0.0259. The van der Waals surface area contributed by atoms with E-state index < -0.39 is 0 Å². The molecule has 86 valence electrons. The number of anilines is 1. The quantitative estimate of drug-likeness (QED) is 0.433. The van der Waals surface area contributed by atoms with E-state index in [1.165, 1.54) is 0 Å². The Labute approximate surface area is 93.4 Å². The molecule has 0 saturated carbocycles. The van der Waals surface area contributed by atoms with Crippen LogP contribution in [0.4, 0.5) is 11.4 Å². The standard InChI is InChI=1S/C10H14N4O2/c11-13-12-9-1-3-10(4-2-9)14(5-7-15)6-8-16/h1-4,15-16H,5-8H2. The number of aliphatic hydroxyl groups is 2. The lowest BCUT2D eigenvalue weighted by Crippen LogP contribution is -2.29. The van der Waals surface area contributed by atoms with Crippen molar-refractivity contribution in [3.05, 3.63) is 34.7 Å². The van der Waals surface area contributed by atoms with Crippen molar-refractivity contribution in [2.24, 2.45) is 5.11 Å². The number of rotatable bonds is 6. The molecule has 16 heavy (non-hydrogen) atoms. The van der Waals surface area contributed by atoms with Gasteiger partial charge in [-0.05, 0) is 17.7 Å². The second-order valence-electron chi connectivity index (χ2n) is 3.14. The average Bonchev–Trinajstić information content (AvgIpc) is 2.30. The maximum Gasteiger partial charge on any atom is 0.0606 e. The summed E-state index contributed by atoms with van der Waals surface area (Å²) in [5, 5.41) is 21.2. The Balaban J connectivity index is 2.80. The summed E-state index contributed by atoms with van der Waals surface area (Å²) >= 11 is 0. The summed E-state index contributed by atoms with van der Waals surface area (Å²) < 4.78 is 0. The number of hydrogen-bond acceptors (Lipinski definition) is 4. The second-order valence-corrected chi connectivity index (χ2v) is 3.14. The Morgan fingerprint density at radius 3 is 2.12 bits per heavy atom. The van der Waals surface area contributed by atoms with Crippen molar-refractivity contribution in [3.63, 3.8) is 0 Å². The fourth-order valence-corrected chi connectivity index (χ4v) is 1.39. The van der Waals surface area contributed by atoms with Crippen LogP contribution < -0.4 is 4.90 Å². The van der Waals surface area contributed by atoms with Crippen LogP contribution in [0.15, 0.2) is 29.4 Å². The normalized spacial score (nSPS) is 9.62. The van der Waals surface area contributed by atoms with Gasteiger partial charge in [0.15, 0.2) is 0 Å². The van der Waals surface area contributed by atoms with Crippen molar-refractivity contribution in [1.29, 1.82) is 0 Å². The SMILES string of the molecule is [N-]=[N+]=Nc1ccc(N(CCO)CCO)cc1. The average molecular weight is 222 g/mol. The van der Waals surface area contributed by atoms with Gasteiger partial charge < -0.3 is 15.1 Å². The van der Waals surface area contributed by atoms with E-state index in [0.717, 1.165) is 5.69 Å². The number of benzene rings is 1. The summed E-state index contributed by atoms with van der Waals surface area (Å²) in [4.78, 5) is 4.53. The van der Waals surface area contributed by atoms with Gasteiger partial charge in [-0.25, -0.2) is 0 Å². The van der Waals surface area contributed by atoms with Gasteiger partial charge in [-0.15, -0.1) is 0 Å². The molecule has 0 unspecified atom stereocenters. The molecule has 0 atom stereocenters. The van der Waals surface area contributed by atoms with E-state index in [-0.39, 0.29) is 13.2 Å². The van der Waals surface area contributed by atoms with E-state index in [0.29, 0.717) is 18.8 Å². The highest BCUT2D eigenvalue weighted by atomic mass is 16.3. The van der Waals surface area contributed by atoms with Crippen LogP contribution in [0, 0.1) is 0 Å². The lowest BCUT2D eigenvalue weighted by Gasteiger charge is -2.22. The molecule has 2 N–H and O–H groups in total. The van der Waals surface area contributed by atoms with Gasteiger partial charge in [-0.3, -0.25) is 0 Å². The summed E-state index contributed by atoms with van der Waals surface area (Å²) in [5.41, 5.74) is 9.66. The Kier molecular flexibility index (Phi) is 5.15. The summed E-state index contributed by atoms with van der Waals surface area (Å²) in [5.74, 6) is 0. The molecule has 1 aromatic carbocycles. The summed E-state index contributed by atoms with van der Waals surface area (Å²) in [6.07, 6.45) is 0. The van der Waals surface area contributed by atoms with Crippen LogP contribution in [0.2, 0.25) is 0 Å². The van der Waals surface area contributed by atoms with Crippen molar-refractivity contribution in [2.75, 3.05) is 31.2 Å². The molecule has 0 aliphatic heterocycles. The molecule has 6 heteroatoms. The Morgan fingerprint density at radius 2 is 1.69 bits per heavy atom. The van der Waals surface area contributed by atoms with Crippen LogP contribution in [-0.4, -0.2) is 36.5 Å². The minimum Gasteiger partial charge on any atom is -0.395 e. The largest absolute Gasteiger partial charge is 0.395 e. The fraction of sp³-hybridized carbons (Fsp3) is 0.400. The van der Waals surface area contributed by atoms with Gasteiger partial charge in [0.2, 0.25) is 0 Å². The molecule has 0 bridgehead atoms. The molecule has 1 rings (SSSR count). The molecule has 0 saturated heterocycles. The monoisotopic (exact) mass is 222 g/mol. The van der Waals surface area contributed by atoms with E-state index in [9.17, 15) is 0 Å². The fourth-order valence-electron chi connectivity index (χ4n) is 1.39. The van der Waals surface area contributed by atoms with Gasteiger partial charge in [-0.2, -0.15) is 0 Å². The highest BCUT2D eigenvalue weighted by Gasteiger charge is 2.04. The van der Waals surface area contributed by atoms with Crippen molar-refractivity contribution in [3.8, 4) is 0 Å². The van der Waals surface area contributed by atoms with Gasteiger partial charge in [0, 0.05) is 29.4 Å². The first-order valence-electron chi connectivity index (χ1n) is 4.93. The summed E-state index contributed by atoms with van der Waals surface area (Å²) in [7, 11) is 0. The highest BCUT2D eigenvalue weighted by Crippen LogP contribution is 2.19. The van der Waals surface area contributed by atoms with Gasteiger partial charge in [0.25, 0.3) is 0 Å². The molecule has 0 heterocycles. The Hall–Kier alpha value is -1.75. The van der Waals surface area contributed by atoms with Crippen LogP contribution in [0.25, 0.3) is 10.4 Å². The molecule has 1 aromatic rings. The number of nitrogens with zero attached hydrogens (tertiary/aromatic N) is 4. The van der Waals surface area contributed by atoms with E-state index in [4.69, 9.17) is 15.7 Å². The molecule has 0 spiro atoms. The molecular formula is C10H14N4O2. The van der Waals surface area contributed by atoms with Crippen LogP contribution in [0.3, 0.4) is 0 Å². The zero-order chi connectivity index (χ0) is 11.8. The van der Waals surface area contributed by atoms with Gasteiger partial charge in [-0.1, -0.05) is 17.2 Å². The zero-order valence-electron chi connectivity index (χ0n) is 8.82. The van der Waals surface area contributed by atoms with Crippen molar-refractivity contribution in [2.45, 2.75) is 0 Å². The molecule has 0 aliphatic carbocycles. The third-order valence-corrected chi connectivity index (χ3v) is 2.11. The maximum absolute atomic E-state index is 8.87. The van der Waals surface area contributed by atoms with Crippen LogP contribution in [0.1, 0.15) is 0 Å². The molecule has 6 nitrogen and oxygen atoms in total. The summed E-state index contributed by atoms with van der Waals surface area (Å²) in [6, 6.07) is 6.96. The summed E-state index contributed by atoms with van der Waals surface area (Å²) in [6.45, 7) is 0.971. The van der Waals surface area contributed by atoms with E-state index in [2.05, 4.69) is 10.0 Å². The van der Waals surface area contributed by atoms with E-state index >= 15 is 0 Å². The highest BCUT2D eigenvalue weighted by molar-refractivity contribution is 5.52. The topological polar surface area (TPSA) is 92.5 Å². The smallest absolute Gasteiger partial charge is 0.0606 e. The molecule has 0 amide bonds. The maximum atomic E-state index is 8.87. The third kappa shape index (κ3) is 3.43. The molecule has 0 aromatic heterocycles. The first kappa shape index (κ1) is 12.3. The molecular weight excluding hydrogens is 208 g/mol. The molecule has 0 aliphatic rings. The van der Waals surface area contributed by atoms with Crippen LogP contribution >= 0.6 is 0 Å². The van der Waals surface area contributed by atoms with Gasteiger partial charge in [0.05, 0.1) is 13.2 Å². The Bertz CT molecular complexity index is 354. The van der Waals surface area contributed by atoms with E-state index in [1.807, 2.05) is 4.90 Å². The third-order valence-electron chi connectivity index (χ3n) is 2.11. The number of hydrogen-bond donors (Lipinski definition) is 2. The first-order valence-corrected chi connectivity index (χ1v) is 4.93. The van der Waals surface area contributed by atoms with Crippen LogP contribution in [-0.2, 0) is 0 Å². The van der Waals surface area contributed by atoms with Crippen molar-refractivity contribution in [1.82, 2.24) is 0 Å². The lowest BCUT2D eigenvalue weighted by molar-refractivity contribution is 0.281. The first-order chi connectivity index (χ1) is 7.81. The predicted octanol–water partition coefficient (Wildman–Crippen LogP) is 1.42. The second kappa shape index (κ2) is 6.68. The van der Waals surface area contributed by atoms with Crippen LogP contribution in [0.5, 0.6) is 0 Å². The lowest BCUT2D eigenvalue weighted by atomic mass is 10.2. The molecule has 0 fully saturated rings. The van der Waals surface area contributed by atoms with E-state index in [1.54, 1.807) is 24.3 Å². The van der Waals surface area contributed by atoms with Crippen molar-refractivity contribution >= 4 is 11.4 Å². The minimum absolute atomic E-state index is 0.0259. The Morgan fingerprint density at radius 1 is 1.12 bits per heavy atom. The zero-order valence-corrected chi connectivity index (χ0v) is 8.82. The number of azide groups is 1. The molecule has 0 radical (unpaired) electrons. The van der Waals surface area contributed by atoms with Gasteiger partial charge in [0.1, 0.15) is 0 Å². The predicted molar refractivity (Wildman–Crippen MR) is 61.6 cm³/mol. The van der Waals surface area contributed by atoms with Gasteiger partial charge >= 0.3 is 0 Å².